The predicted molar refractivity (Wildman–Crippen MR) is 76.3 cm³/mol. The smallest absolute Gasteiger partial charge is 0.329 e. The van der Waals surface area contributed by atoms with Gasteiger partial charge in [-0.3, -0.25) is 20.2 Å². The van der Waals surface area contributed by atoms with Crippen LogP contribution in [0.2, 0.25) is 10.0 Å². The second-order valence-corrected chi connectivity index (χ2v) is 4.63. The molecule has 0 atom stereocenters. The minimum Gasteiger partial charge on any atom is -0.448 e. The summed E-state index contributed by atoms with van der Waals surface area (Å²) in [6, 6.07) is 7.70. The van der Waals surface area contributed by atoms with E-state index in [2.05, 4.69) is 0 Å². The maximum absolute atomic E-state index is 11.0. The van der Waals surface area contributed by atoms with Crippen molar-refractivity contribution in [2.75, 3.05) is 0 Å². The fourth-order valence-electron chi connectivity index (χ4n) is 1.56. The summed E-state index contributed by atoms with van der Waals surface area (Å²) in [4.78, 5) is 20.3. The Bertz CT molecular complexity index is 736. The van der Waals surface area contributed by atoms with Crippen LogP contribution < -0.4 is 4.74 Å². The first-order valence-corrected chi connectivity index (χ1v) is 6.20. The standard InChI is InChI=1S/C12H6Cl2N2O5/c13-8-2-1-3-11(12(8)16(19)20)21-10-5-4-7(15(17)18)6-9(10)14/h1-6H. The van der Waals surface area contributed by atoms with Crippen molar-refractivity contribution in [1.82, 2.24) is 0 Å². The molecule has 0 unspecified atom stereocenters. The molecule has 0 spiro atoms. The molecule has 0 N–H and O–H groups in total. The van der Waals surface area contributed by atoms with E-state index in [0.29, 0.717) is 0 Å². The highest BCUT2D eigenvalue weighted by Gasteiger charge is 2.21. The monoisotopic (exact) mass is 328 g/mol. The molecule has 0 aliphatic rings. The van der Waals surface area contributed by atoms with Gasteiger partial charge < -0.3 is 4.74 Å². The average Bonchev–Trinajstić information content (AvgIpc) is 2.40. The van der Waals surface area contributed by atoms with Crippen LogP contribution in [0.15, 0.2) is 36.4 Å². The summed E-state index contributed by atoms with van der Waals surface area (Å²) < 4.78 is 5.34. The quantitative estimate of drug-likeness (QED) is 0.603. The van der Waals surface area contributed by atoms with Crippen molar-refractivity contribution in [2.24, 2.45) is 0 Å². The third-order valence-electron chi connectivity index (χ3n) is 2.48. The minimum atomic E-state index is -0.684. The molecule has 108 valence electrons. The van der Waals surface area contributed by atoms with E-state index in [1.807, 2.05) is 0 Å². The number of ether oxygens (including phenoxy) is 1. The number of nitro groups is 2. The highest BCUT2D eigenvalue weighted by Crippen LogP contribution is 2.39. The summed E-state index contributed by atoms with van der Waals surface area (Å²) in [5, 5.41) is 21.5. The van der Waals surface area contributed by atoms with Crippen molar-refractivity contribution < 1.29 is 14.6 Å². The van der Waals surface area contributed by atoms with Crippen LogP contribution in [0.1, 0.15) is 0 Å². The fraction of sp³-hybridized carbons (Fsp3) is 0. The maximum Gasteiger partial charge on any atom is 0.329 e. The van der Waals surface area contributed by atoms with Crippen LogP contribution in [0.3, 0.4) is 0 Å². The van der Waals surface area contributed by atoms with Crippen LogP contribution in [0, 0.1) is 20.2 Å². The average molecular weight is 329 g/mol. The number of para-hydroxylation sites is 1. The number of hydrogen-bond donors (Lipinski definition) is 0. The number of benzene rings is 2. The second-order valence-electron chi connectivity index (χ2n) is 3.82. The summed E-state index contributed by atoms with van der Waals surface area (Å²) >= 11 is 11.6. The number of non-ortho nitro benzene ring substituents is 1. The Morgan fingerprint density at radius 3 is 2.19 bits per heavy atom. The SMILES string of the molecule is O=[N+]([O-])c1ccc(Oc2cccc(Cl)c2[N+](=O)[O-])c(Cl)c1. The molecule has 0 radical (unpaired) electrons. The van der Waals surface area contributed by atoms with E-state index in [9.17, 15) is 20.2 Å². The summed E-state index contributed by atoms with van der Waals surface area (Å²) in [5.74, 6) is -0.0594. The fourth-order valence-corrected chi connectivity index (χ4v) is 2.01. The molecule has 0 aromatic heterocycles. The summed E-state index contributed by atoms with van der Waals surface area (Å²) in [6.45, 7) is 0. The third-order valence-corrected chi connectivity index (χ3v) is 3.08. The molecule has 0 saturated heterocycles. The second kappa shape index (κ2) is 5.94. The molecule has 0 fully saturated rings. The summed E-state index contributed by atoms with van der Waals surface area (Å²) in [6.07, 6.45) is 0. The number of nitrogens with zero attached hydrogens (tertiary/aromatic N) is 2. The van der Waals surface area contributed by atoms with Gasteiger partial charge in [0.15, 0.2) is 0 Å². The van der Waals surface area contributed by atoms with Crippen LogP contribution in [0.4, 0.5) is 11.4 Å². The number of nitro benzene ring substituents is 2. The van der Waals surface area contributed by atoms with E-state index in [4.69, 9.17) is 27.9 Å². The van der Waals surface area contributed by atoms with Gasteiger partial charge in [0.25, 0.3) is 5.69 Å². The maximum atomic E-state index is 11.0. The molecule has 0 saturated carbocycles. The molecule has 2 aromatic carbocycles. The summed E-state index contributed by atoms with van der Waals surface area (Å²) in [7, 11) is 0. The normalized spacial score (nSPS) is 10.2. The Morgan fingerprint density at radius 2 is 1.62 bits per heavy atom. The van der Waals surface area contributed by atoms with Gasteiger partial charge in [0.2, 0.25) is 5.75 Å². The van der Waals surface area contributed by atoms with Gasteiger partial charge in [0.05, 0.1) is 14.9 Å². The molecule has 0 heterocycles. The number of hydrogen-bond acceptors (Lipinski definition) is 5. The molecule has 0 aliphatic heterocycles. The van der Waals surface area contributed by atoms with Crippen molar-refractivity contribution in [3.63, 3.8) is 0 Å². The van der Waals surface area contributed by atoms with Gasteiger partial charge >= 0.3 is 5.69 Å². The van der Waals surface area contributed by atoms with Crippen molar-refractivity contribution in [1.29, 1.82) is 0 Å². The van der Waals surface area contributed by atoms with Crippen molar-refractivity contribution in [3.05, 3.63) is 66.7 Å². The molecule has 7 nitrogen and oxygen atoms in total. The molecule has 0 aliphatic carbocycles. The largest absolute Gasteiger partial charge is 0.448 e. The number of halogens is 2. The van der Waals surface area contributed by atoms with Crippen molar-refractivity contribution in [3.8, 4) is 11.5 Å². The van der Waals surface area contributed by atoms with Gasteiger partial charge in [-0.2, -0.15) is 0 Å². The molecular formula is C12H6Cl2N2O5. The molecule has 0 amide bonds. The third kappa shape index (κ3) is 3.21. The van der Waals surface area contributed by atoms with Crippen LogP contribution >= 0.6 is 23.2 Å². The van der Waals surface area contributed by atoms with Gasteiger partial charge in [-0.05, 0) is 18.2 Å². The first-order valence-electron chi connectivity index (χ1n) is 5.45. The highest BCUT2D eigenvalue weighted by molar-refractivity contribution is 6.33. The Morgan fingerprint density at radius 1 is 0.905 bits per heavy atom. The van der Waals surface area contributed by atoms with Gasteiger partial charge in [-0.25, -0.2) is 0 Å². The lowest BCUT2D eigenvalue weighted by Gasteiger charge is -2.08. The van der Waals surface area contributed by atoms with Crippen LogP contribution in [0.5, 0.6) is 11.5 Å². The first-order chi connectivity index (χ1) is 9.90. The Kier molecular flexibility index (Phi) is 4.25. The highest BCUT2D eigenvalue weighted by atomic mass is 35.5. The Balaban J connectivity index is 2.42. The zero-order valence-electron chi connectivity index (χ0n) is 10.2. The zero-order chi connectivity index (χ0) is 15.6. The van der Waals surface area contributed by atoms with Gasteiger partial charge in [0.1, 0.15) is 10.8 Å². The van der Waals surface area contributed by atoms with E-state index in [-0.39, 0.29) is 27.2 Å². The van der Waals surface area contributed by atoms with Crippen molar-refractivity contribution in [2.45, 2.75) is 0 Å². The van der Waals surface area contributed by atoms with Crippen LogP contribution in [-0.2, 0) is 0 Å². The van der Waals surface area contributed by atoms with Gasteiger partial charge in [-0.15, -0.1) is 0 Å². The molecule has 2 rings (SSSR count). The topological polar surface area (TPSA) is 95.5 Å². The van der Waals surface area contributed by atoms with E-state index >= 15 is 0 Å². The Labute approximate surface area is 128 Å². The lowest BCUT2D eigenvalue weighted by Crippen LogP contribution is -1.95. The molecular weight excluding hydrogens is 323 g/mol. The lowest BCUT2D eigenvalue weighted by atomic mass is 10.3. The van der Waals surface area contributed by atoms with Crippen molar-refractivity contribution >= 4 is 34.6 Å². The minimum absolute atomic E-state index is 0.0431. The first kappa shape index (κ1) is 15.0. The van der Waals surface area contributed by atoms with E-state index in [1.165, 1.54) is 30.3 Å². The van der Waals surface area contributed by atoms with Crippen LogP contribution in [0.25, 0.3) is 0 Å². The van der Waals surface area contributed by atoms with Crippen LogP contribution in [-0.4, -0.2) is 9.85 Å². The lowest BCUT2D eigenvalue weighted by molar-refractivity contribution is -0.385. The molecule has 0 bridgehead atoms. The van der Waals surface area contributed by atoms with E-state index in [0.717, 1.165) is 6.07 Å². The zero-order valence-corrected chi connectivity index (χ0v) is 11.7. The summed E-state index contributed by atoms with van der Waals surface area (Å²) in [5.41, 5.74) is -0.624. The molecule has 2 aromatic rings. The van der Waals surface area contributed by atoms with Gasteiger partial charge in [0, 0.05) is 12.1 Å². The van der Waals surface area contributed by atoms with E-state index < -0.39 is 15.5 Å². The number of rotatable bonds is 4. The predicted octanol–water partition coefficient (Wildman–Crippen LogP) is 4.60. The van der Waals surface area contributed by atoms with E-state index in [1.54, 1.807) is 0 Å². The molecule has 9 heteroatoms. The Hall–Kier alpha value is -2.38. The molecule has 21 heavy (non-hydrogen) atoms. The van der Waals surface area contributed by atoms with Gasteiger partial charge in [-0.1, -0.05) is 29.3 Å².